The lowest BCUT2D eigenvalue weighted by atomic mass is 10.1. The molecule has 0 radical (unpaired) electrons. The summed E-state index contributed by atoms with van der Waals surface area (Å²) in [6.45, 7) is 6.13. The summed E-state index contributed by atoms with van der Waals surface area (Å²) in [5.41, 5.74) is 3.37. The van der Waals surface area contributed by atoms with Gasteiger partial charge in [-0.3, -0.25) is 19.1 Å². The zero-order valence-electron chi connectivity index (χ0n) is 26.9. The molecule has 5 aromatic rings. The fourth-order valence-electron chi connectivity index (χ4n) is 6.38. The lowest BCUT2D eigenvalue weighted by Crippen LogP contribution is -2.34. The second-order valence-corrected chi connectivity index (χ2v) is 11.9. The zero-order valence-corrected chi connectivity index (χ0v) is 26.9. The van der Waals surface area contributed by atoms with E-state index in [1.165, 1.54) is 15.9 Å². The Balaban J connectivity index is 1.19. The summed E-state index contributed by atoms with van der Waals surface area (Å²) in [5, 5.41) is 19.4. The van der Waals surface area contributed by atoms with Crippen LogP contribution >= 0.6 is 0 Å². The van der Waals surface area contributed by atoms with Crippen molar-refractivity contribution in [2.75, 3.05) is 30.3 Å². The molecule has 5 atom stereocenters. The minimum Gasteiger partial charge on any atom is -0.457 e. The molecule has 5 heterocycles. The molecule has 254 valence electrons. The number of carbonyl (C=O) groups excluding carboxylic acids is 2. The number of tetrazole rings is 1. The van der Waals surface area contributed by atoms with Crippen molar-refractivity contribution in [3.8, 4) is 0 Å². The van der Waals surface area contributed by atoms with Crippen molar-refractivity contribution in [1.82, 2.24) is 44.6 Å². The van der Waals surface area contributed by atoms with Gasteiger partial charge in [0.15, 0.2) is 41.5 Å². The smallest absolute Gasteiger partial charge is 0.293 e. The molecule has 3 aromatic heterocycles. The van der Waals surface area contributed by atoms with Gasteiger partial charge in [-0.05, 0) is 36.1 Å². The molecule has 0 bridgehead atoms. The first-order valence-electron chi connectivity index (χ1n) is 16.3. The molecule has 0 saturated carbocycles. The standard InChI is InChI=1S/C33H37N11O5/c1-2-44-40-30(39-41-44)27-26(47-20-45)28(48-21-46)32(49-27)43-19-35-25-29(34-15-13-22-9-5-3-6-10-22)37-33(38-31(25)43)36-24-14-16-42(18-24)17-23-11-7-4-8-12-23/h3-12,19-21,24,26-28,32H,2,13-18H2,1H3,(H2,34,36,37,38)/t24?,26-,27-,28+,32+/m0/s1. The number of aromatic nitrogens is 8. The van der Waals surface area contributed by atoms with Gasteiger partial charge in [0.2, 0.25) is 11.8 Å². The van der Waals surface area contributed by atoms with Gasteiger partial charge in [0, 0.05) is 32.2 Å². The van der Waals surface area contributed by atoms with Gasteiger partial charge in [0.25, 0.3) is 12.9 Å². The first-order chi connectivity index (χ1) is 24.1. The van der Waals surface area contributed by atoms with Gasteiger partial charge in [-0.25, -0.2) is 4.98 Å². The van der Waals surface area contributed by atoms with E-state index >= 15 is 0 Å². The molecule has 2 aliphatic rings. The van der Waals surface area contributed by atoms with E-state index in [-0.39, 0.29) is 18.3 Å². The number of ether oxygens (including phenoxy) is 3. The Bertz CT molecular complexity index is 1850. The van der Waals surface area contributed by atoms with Gasteiger partial charge >= 0.3 is 0 Å². The number of imidazole rings is 1. The first-order valence-corrected chi connectivity index (χ1v) is 16.3. The van der Waals surface area contributed by atoms with Crippen molar-refractivity contribution in [3.05, 3.63) is 83.9 Å². The number of hydrogen-bond acceptors (Lipinski definition) is 14. The lowest BCUT2D eigenvalue weighted by molar-refractivity contribution is -0.151. The molecule has 0 aliphatic carbocycles. The summed E-state index contributed by atoms with van der Waals surface area (Å²) in [5.74, 6) is 1.14. The maximum absolute atomic E-state index is 11.7. The molecule has 7 rings (SSSR count). The van der Waals surface area contributed by atoms with Gasteiger partial charge in [-0.2, -0.15) is 14.8 Å². The number of nitrogens with zero attached hydrogens (tertiary/aromatic N) is 9. The third kappa shape index (κ3) is 7.05. The Morgan fingerprint density at radius 1 is 0.980 bits per heavy atom. The molecule has 16 heteroatoms. The number of rotatable bonds is 15. The average Bonchev–Trinajstić information content (AvgIpc) is 3.93. The van der Waals surface area contributed by atoms with Crippen molar-refractivity contribution >= 4 is 35.9 Å². The van der Waals surface area contributed by atoms with Crippen LogP contribution in [0.15, 0.2) is 67.0 Å². The van der Waals surface area contributed by atoms with Crippen molar-refractivity contribution < 1.29 is 23.8 Å². The van der Waals surface area contributed by atoms with Crippen LogP contribution in [0.25, 0.3) is 11.2 Å². The molecule has 0 amide bonds. The highest BCUT2D eigenvalue weighted by molar-refractivity contribution is 5.84. The minimum atomic E-state index is -1.07. The summed E-state index contributed by atoms with van der Waals surface area (Å²) in [6.07, 6.45) is -0.862. The van der Waals surface area contributed by atoms with Crippen LogP contribution in [0, 0.1) is 0 Å². The van der Waals surface area contributed by atoms with E-state index in [1.807, 2.05) is 31.2 Å². The zero-order chi connectivity index (χ0) is 33.6. The van der Waals surface area contributed by atoms with Crippen LogP contribution in [0.2, 0.25) is 0 Å². The SMILES string of the molecule is CCn1nnc([C@H]2O[C@@H](n3cnc4c(NCCc5ccccc5)nc(NC5CCN(Cc6ccccc6)C5)nc43)[C@H](OC=O)[C@H]2OC=O)n1. The second kappa shape index (κ2) is 14.7. The number of carbonyl (C=O) groups is 2. The third-order valence-corrected chi connectivity index (χ3v) is 8.72. The van der Waals surface area contributed by atoms with E-state index in [9.17, 15) is 9.59 Å². The molecule has 2 N–H and O–H groups in total. The van der Waals surface area contributed by atoms with Crippen LogP contribution in [0.4, 0.5) is 11.8 Å². The average molecular weight is 668 g/mol. The number of benzene rings is 2. The van der Waals surface area contributed by atoms with Crippen LogP contribution < -0.4 is 10.6 Å². The Kier molecular flexibility index (Phi) is 9.65. The molecule has 49 heavy (non-hydrogen) atoms. The highest BCUT2D eigenvalue weighted by atomic mass is 16.6. The van der Waals surface area contributed by atoms with Crippen LogP contribution in [-0.2, 0) is 43.3 Å². The molecule has 16 nitrogen and oxygen atoms in total. The third-order valence-electron chi connectivity index (χ3n) is 8.72. The number of aryl methyl sites for hydroxylation is 1. The number of nitrogens with one attached hydrogen (secondary N) is 2. The fourth-order valence-corrected chi connectivity index (χ4v) is 6.38. The van der Waals surface area contributed by atoms with E-state index in [1.54, 1.807) is 10.9 Å². The summed E-state index contributed by atoms with van der Waals surface area (Å²) in [7, 11) is 0. The highest BCUT2D eigenvalue weighted by Crippen LogP contribution is 2.42. The van der Waals surface area contributed by atoms with Crippen LogP contribution in [0.5, 0.6) is 0 Å². The quantitative estimate of drug-likeness (QED) is 0.156. The monoisotopic (exact) mass is 667 g/mol. The normalized spacial score (nSPS) is 22.3. The predicted octanol–water partition coefficient (Wildman–Crippen LogP) is 2.53. The van der Waals surface area contributed by atoms with Crippen LogP contribution in [0.3, 0.4) is 0 Å². The van der Waals surface area contributed by atoms with E-state index in [0.717, 1.165) is 32.5 Å². The van der Waals surface area contributed by atoms with Crippen molar-refractivity contribution in [3.63, 3.8) is 0 Å². The van der Waals surface area contributed by atoms with Gasteiger partial charge in [-0.1, -0.05) is 60.7 Å². The lowest BCUT2D eigenvalue weighted by Gasteiger charge is -2.21. The van der Waals surface area contributed by atoms with Crippen LogP contribution in [-0.4, -0.2) is 95.5 Å². The topological polar surface area (TPSA) is 176 Å². The highest BCUT2D eigenvalue weighted by Gasteiger charge is 2.52. The Morgan fingerprint density at radius 3 is 2.47 bits per heavy atom. The fraction of sp³-hybridized carbons (Fsp3) is 0.394. The Labute approximate surface area is 281 Å². The van der Waals surface area contributed by atoms with Gasteiger partial charge in [0.05, 0.1) is 12.9 Å². The molecule has 2 aliphatic heterocycles. The molecular weight excluding hydrogens is 630 g/mol. The summed E-state index contributed by atoms with van der Waals surface area (Å²) in [6, 6.07) is 20.7. The van der Waals surface area contributed by atoms with Crippen molar-refractivity contribution in [1.29, 1.82) is 0 Å². The van der Waals surface area contributed by atoms with Crippen molar-refractivity contribution in [2.45, 2.75) is 63.4 Å². The second-order valence-electron chi connectivity index (χ2n) is 11.9. The summed E-state index contributed by atoms with van der Waals surface area (Å²) in [4.78, 5) is 41.5. The molecular formula is C33H37N11O5. The van der Waals surface area contributed by atoms with Gasteiger partial charge in [-0.15, -0.1) is 10.2 Å². The number of likely N-dealkylation sites (tertiary alicyclic amines) is 1. The number of hydrogen-bond donors (Lipinski definition) is 2. The van der Waals surface area contributed by atoms with E-state index in [2.05, 4.69) is 72.3 Å². The molecule has 1 unspecified atom stereocenters. The summed E-state index contributed by atoms with van der Waals surface area (Å²) < 4.78 is 18.9. The van der Waals surface area contributed by atoms with Gasteiger partial charge < -0.3 is 24.8 Å². The number of anilines is 2. The van der Waals surface area contributed by atoms with Crippen molar-refractivity contribution in [2.24, 2.45) is 0 Å². The Morgan fingerprint density at radius 2 is 1.73 bits per heavy atom. The maximum atomic E-state index is 11.7. The van der Waals surface area contributed by atoms with Gasteiger partial charge in [0.1, 0.15) is 0 Å². The Hall–Kier alpha value is -5.48. The number of fused-ring (bicyclic) bond motifs is 1. The molecule has 0 spiro atoms. The molecule has 2 fully saturated rings. The van der Waals surface area contributed by atoms with E-state index < -0.39 is 24.5 Å². The molecule has 2 aromatic carbocycles. The van der Waals surface area contributed by atoms with E-state index in [0.29, 0.717) is 42.5 Å². The largest absolute Gasteiger partial charge is 0.457 e. The first kappa shape index (κ1) is 32.1. The minimum absolute atomic E-state index is 0.116. The maximum Gasteiger partial charge on any atom is 0.293 e. The van der Waals surface area contributed by atoms with E-state index in [4.69, 9.17) is 24.2 Å². The summed E-state index contributed by atoms with van der Waals surface area (Å²) >= 11 is 0. The van der Waals surface area contributed by atoms with Crippen LogP contribution in [0.1, 0.15) is 42.6 Å². The molecule has 2 saturated heterocycles. The predicted molar refractivity (Wildman–Crippen MR) is 176 cm³/mol.